The third kappa shape index (κ3) is 2.65. The van der Waals surface area contributed by atoms with Crippen LogP contribution in [0.5, 0.6) is 0 Å². The predicted molar refractivity (Wildman–Crippen MR) is 91.7 cm³/mol. The monoisotopic (exact) mass is 327 g/mol. The topological polar surface area (TPSA) is 65.8 Å². The number of hydrogen-bond acceptors (Lipinski definition) is 4. The molecule has 1 N–H and O–H groups in total. The van der Waals surface area contributed by atoms with Gasteiger partial charge < -0.3 is 5.11 Å². The van der Waals surface area contributed by atoms with Gasteiger partial charge in [0.15, 0.2) is 0 Å². The molecule has 2 aliphatic heterocycles. The summed E-state index contributed by atoms with van der Waals surface area (Å²) in [5.74, 6) is 1.58. The second-order valence-electron chi connectivity index (χ2n) is 7.99. The van der Waals surface area contributed by atoms with Crippen molar-refractivity contribution in [2.45, 2.75) is 57.1 Å². The zero-order chi connectivity index (χ0) is 16.9. The molecule has 4 unspecified atom stereocenters. The molecule has 1 amide bonds. The summed E-state index contributed by atoms with van der Waals surface area (Å²) in [6.07, 6.45) is 5.32. The van der Waals surface area contributed by atoms with Crippen molar-refractivity contribution in [3.8, 4) is 0 Å². The van der Waals surface area contributed by atoms with Gasteiger partial charge in [-0.15, -0.1) is 0 Å². The van der Waals surface area contributed by atoms with Crippen LogP contribution in [0, 0.1) is 11.8 Å². The van der Waals surface area contributed by atoms with Gasteiger partial charge in [-0.25, -0.2) is 0 Å². The van der Waals surface area contributed by atoms with E-state index >= 15 is 0 Å². The average molecular weight is 327 g/mol. The van der Waals surface area contributed by atoms with Crippen LogP contribution in [0.2, 0.25) is 0 Å². The van der Waals surface area contributed by atoms with Gasteiger partial charge in [-0.2, -0.15) is 0 Å². The Morgan fingerprint density at radius 3 is 2.83 bits per heavy atom. The van der Waals surface area contributed by atoms with Gasteiger partial charge in [0.05, 0.1) is 17.6 Å². The molecule has 24 heavy (non-hydrogen) atoms. The standard InChI is InChI=1S/C19H25N3O2/c1-19(2,24)13-10-17-21-16-9-12(15-5-3-4-8-20-15)6-7-14(16)18(23)22(17)11-13/h3-5,8,12-14,16,24H,6-7,9-11H2,1-2H3. The molecule has 4 rings (SSSR count). The van der Waals surface area contributed by atoms with E-state index in [2.05, 4.69) is 11.1 Å². The van der Waals surface area contributed by atoms with Crippen LogP contribution in [0.25, 0.3) is 0 Å². The van der Waals surface area contributed by atoms with Gasteiger partial charge in [-0.05, 0) is 45.2 Å². The molecule has 0 radical (unpaired) electrons. The fourth-order valence-corrected chi connectivity index (χ4v) is 4.39. The molecule has 5 heteroatoms. The van der Waals surface area contributed by atoms with Gasteiger partial charge in [0, 0.05) is 36.7 Å². The Balaban J connectivity index is 1.56. The van der Waals surface area contributed by atoms with E-state index in [1.54, 1.807) is 0 Å². The highest BCUT2D eigenvalue weighted by Crippen LogP contribution is 2.42. The summed E-state index contributed by atoms with van der Waals surface area (Å²) in [5, 5.41) is 10.3. The third-order valence-corrected chi connectivity index (χ3v) is 5.96. The number of carbonyl (C=O) groups excluding carboxylic acids is 1. The molecule has 1 aromatic rings. The summed E-state index contributed by atoms with van der Waals surface area (Å²) in [5.41, 5.74) is 0.341. The van der Waals surface area contributed by atoms with Gasteiger partial charge >= 0.3 is 0 Å². The van der Waals surface area contributed by atoms with Gasteiger partial charge in [0.1, 0.15) is 5.84 Å². The van der Waals surface area contributed by atoms with Crippen molar-refractivity contribution >= 4 is 11.7 Å². The van der Waals surface area contributed by atoms with Crippen LogP contribution in [0.15, 0.2) is 29.4 Å². The van der Waals surface area contributed by atoms with Crippen molar-refractivity contribution in [3.63, 3.8) is 0 Å². The number of hydrogen-bond donors (Lipinski definition) is 1. The van der Waals surface area contributed by atoms with Crippen molar-refractivity contribution in [3.05, 3.63) is 30.1 Å². The van der Waals surface area contributed by atoms with Crippen LogP contribution in [0.1, 0.15) is 51.1 Å². The van der Waals surface area contributed by atoms with E-state index in [0.29, 0.717) is 18.9 Å². The number of aromatic nitrogens is 1. The number of amides is 1. The van der Waals surface area contributed by atoms with E-state index in [9.17, 15) is 9.90 Å². The number of pyridine rings is 1. The molecule has 1 saturated carbocycles. The van der Waals surface area contributed by atoms with E-state index < -0.39 is 5.60 Å². The highest BCUT2D eigenvalue weighted by molar-refractivity contribution is 6.03. The summed E-state index contributed by atoms with van der Waals surface area (Å²) in [7, 11) is 0. The van der Waals surface area contributed by atoms with Crippen LogP contribution in [-0.4, -0.2) is 44.9 Å². The zero-order valence-electron chi connectivity index (χ0n) is 14.4. The van der Waals surface area contributed by atoms with Crippen LogP contribution in [-0.2, 0) is 4.79 Å². The maximum atomic E-state index is 12.9. The van der Waals surface area contributed by atoms with Crippen molar-refractivity contribution in [1.29, 1.82) is 0 Å². The summed E-state index contributed by atoms with van der Waals surface area (Å²) in [6.45, 7) is 4.25. The fourth-order valence-electron chi connectivity index (χ4n) is 4.39. The van der Waals surface area contributed by atoms with Gasteiger partial charge in [0.25, 0.3) is 0 Å². The number of aliphatic hydroxyl groups is 1. The highest BCUT2D eigenvalue weighted by Gasteiger charge is 2.47. The first kappa shape index (κ1) is 15.8. The Morgan fingerprint density at radius 1 is 1.29 bits per heavy atom. The number of aliphatic imine (C=N–C) groups is 1. The van der Waals surface area contributed by atoms with Crippen molar-refractivity contribution in [1.82, 2.24) is 9.88 Å². The minimum absolute atomic E-state index is 0.00858. The predicted octanol–water partition coefficient (Wildman–Crippen LogP) is 2.37. The lowest BCUT2D eigenvalue weighted by atomic mass is 9.75. The van der Waals surface area contributed by atoms with Crippen molar-refractivity contribution in [2.24, 2.45) is 16.8 Å². The first-order chi connectivity index (χ1) is 11.4. The van der Waals surface area contributed by atoms with E-state index in [1.165, 1.54) is 0 Å². The first-order valence-electron chi connectivity index (χ1n) is 8.95. The van der Waals surface area contributed by atoms with Gasteiger partial charge in [0.2, 0.25) is 5.91 Å². The lowest BCUT2D eigenvalue weighted by molar-refractivity contribution is -0.134. The number of nitrogens with zero attached hydrogens (tertiary/aromatic N) is 3. The second-order valence-corrected chi connectivity index (χ2v) is 7.99. The molecule has 128 valence electrons. The molecular formula is C19H25N3O2. The average Bonchev–Trinajstić information content (AvgIpc) is 3.00. The maximum absolute atomic E-state index is 12.9. The second kappa shape index (κ2) is 5.66. The highest BCUT2D eigenvalue weighted by atomic mass is 16.3. The molecule has 5 nitrogen and oxygen atoms in total. The SMILES string of the molecule is CC(C)(O)C1CC2=NC3CC(c4ccccn4)CCC3C(=O)N2C1. The summed E-state index contributed by atoms with van der Waals surface area (Å²) < 4.78 is 0. The molecule has 0 aromatic carbocycles. The quantitative estimate of drug-likeness (QED) is 0.907. The van der Waals surface area contributed by atoms with E-state index in [-0.39, 0.29) is 23.8 Å². The molecule has 2 fully saturated rings. The van der Waals surface area contributed by atoms with Crippen LogP contribution >= 0.6 is 0 Å². The molecule has 3 heterocycles. The Bertz CT molecular complexity index is 665. The van der Waals surface area contributed by atoms with E-state index in [0.717, 1.165) is 30.8 Å². The fraction of sp³-hybridized carbons (Fsp3) is 0.632. The van der Waals surface area contributed by atoms with Gasteiger partial charge in [-0.1, -0.05) is 6.07 Å². The lowest BCUT2D eigenvalue weighted by Crippen LogP contribution is -2.48. The summed E-state index contributed by atoms with van der Waals surface area (Å²) in [6, 6.07) is 6.12. The number of rotatable bonds is 2. The van der Waals surface area contributed by atoms with Crippen LogP contribution < -0.4 is 0 Å². The van der Waals surface area contributed by atoms with Gasteiger partial charge in [-0.3, -0.25) is 19.7 Å². The van der Waals surface area contributed by atoms with Crippen molar-refractivity contribution in [2.75, 3.05) is 6.54 Å². The number of carbonyl (C=O) groups is 1. The molecule has 0 bridgehead atoms. The summed E-state index contributed by atoms with van der Waals surface area (Å²) in [4.78, 5) is 24.2. The summed E-state index contributed by atoms with van der Waals surface area (Å²) >= 11 is 0. The minimum atomic E-state index is -0.776. The van der Waals surface area contributed by atoms with Crippen LogP contribution in [0.3, 0.4) is 0 Å². The van der Waals surface area contributed by atoms with E-state index in [4.69, 9.17) is 4.99 Å². The number of fused-ring (bicyclic) bond motifs is 2. The van der Waals surface area contributed by atoms with E-state index in [1.807, 2.05) is 37.1 Å². The lowest BCUT2D eigenvalue weighted by Gasteiger charge is -2.39. The normalized spacial score (nSPS) is 33.0. The Kier molecular flexibility index (Phi) is 3.71. The minimum Gasteiger partial charge on any atom is -0.390 e. The molecule has 0 spiro atoms. The molecule has 4 atom stereocenters. The molecule has 1 aliphatic carbocycles. The zero-order valence-corrected chi connectivity index (χ0v) is 14.4. The third-order valence-electron chi connectivity index (χ3n) is 5.96. The maximum Gasteiger partial charge on any atom is 0.233 e. The molecule has 1 saturated heterocycles. The first-order valence-corrected chi connectivity index (χ1v) is 8.95. The smallest absolute Gasteiger partial charge is 0.233 e. The molecule has 1 aromatic heterocycles. The Hall–Kier alpha value is -1.75. The van der Waals surface area contributed by atoms with Crippen molar-refractivity contribution < 1.29 is 9.90 Å². The molecule has 3 aliphatic rings. The number of amidine groups is 1. The molecular weight excluding hydrogens is 302 g/mol. The van der Waals surface area contributed by atoms with Crippen LogP contribution in [0.4, 0.5) is 0 Å². The Labute approximate surface area is 142 Å². The largest absolute Gasteiger partial charge is 0.390 e. The Morgan fingerprint density at radius 2 is 2.12 bits per heavy atom.